The first kappa shape index (κ1) is 24.3. The average molecular weight is 577 g/mol. The molecule has 10 rings (SSSR count). The van der Waals surface area contributed by atoms with E-state index in [-0.39, 0.29) is 0 Å². The van der Waals surface area contributed by atoms with Crippen molar-refractivity contribution in [1.29, 1.82) is 0 Å². The summed E-state index contributed by atoms with van der Waals surface area (Å²) in [6.07, 6.45) is 0. The molecule has 0 aliphatic heterocycles. The highest BCUT2D eigenvalue weighted by Crippen LogP contribution is 2.41. The summed E-state index contributed by atoms with van der Waals surface area (Å²) in [6, 6.07) is 50.6. The van der Waals surface area contributed by atoms with Crippen molar-refractivity contribution in [3.05, 3.63) is 146 Å². The van der Waals surface area contributed by atoms with Crippen LogP contribution in [0.15, 0.2) is 150 Å². The van der Waals surface area contributed by atoms with Crippen molar-refractivity contribution in [3.63, 3.8) is 0 Å². The maximum atomic E-state index is 6.71. The van der Waals surface area contributed by atoms with Crippen LogP contribution in [-0.2, 0) is 0 Å². The largest absolute Gasteiger partial charge is 0.452 e. The van der Waals surface area contributed by atoms with Crippen molar-refractivity contribution in [2.45, 2.75) is 0 Å². The summed E-state index contributed by atoms with van der Waals surface area (Å²) in [4.78, 5) is 10.5. The molecule has 4 heterocycles. The van der Waals surface area contributed by atoms with Crippen LogP contribution in [-0.4, -0.2) is 19.1 Å². The third kappa shape index (κ3) is 3.43. The Morgan fingerprint density at radius 3 is 1.67 bits per heavy atom. The van der Waals surface area contributed by atoms with Crippen molar-refractivity contribution >= 4 is 65.7 Å². The Balaban J connectivity index is 1.36. The summed E-state index contributed by atoms with van der Waals surface area (Å²) in [5.74, 6) is 0.616. The zero-order valence-electron chi connectivity index (χ0n) is 24.1. The van der Waals surface area contributed by atoms with Crippen LogP contribution in [0.2, 0.25) is 0 Å². The molecule has 0 saturated heterocycles. The third-order valence-electron chi connectivity index (χ3n) is 8.94. The molecule has 0 aliphatic carbocycles. The van der Waals surface area contributed by atoms with E-state index < -0.39 is 0 Å². The number of para-hydroxylation sites is 4. The Bertz CT molecular complexity index is 2700. The van der Waals surface area contributed by atoms with E-state index in [4.69, 9.17) is 14.4 Å². The molecule has 0 bridgehead atoms. The molecule has 0 radical (unpaired) electrons. The smallest absolute Gasteiger partial charge is 0.236 e. The van der Waals surface area contributed by atoms with Crippen LogP contribution < -0.4 is 0 Å². The molecule has 0 fully saturated rings. The maximum absolute atomic E-state index is 6.71. The molecule has 0 unspecified atom stereocenters. The van der Waals surface area contributed by atoms with Gasteiger partial charge >= 0.3 is 0 Å². The Morgan fingerprint density at radius 1 is 0.444 bits per heavy atom. The number of furan rings is 1. The average Bonchev–Trinajstić information content (AvgIpc) is 3.75. The lowest BCUT2D eigenvalue weighted by Gasteiger charge is -2.09. The number of hydrogen-bond donors (Lipinski definition) is 0. The Hall–Kier alpha value is -6.20. The van der Waals surface area contributed by atoms with Gasteiger partial charge < -0.3 is 8.98 Å². The van der Waals surface area contributed by atoms with E-state index in [1.54, 1.807) is 0 Å². The van der Waals surface area contributed by atoms with Crippen LogP contribution in [0.3, 0.4) is 0 Å². The van der Waals surface area contributed by atoms with E-state index in [0.29, 0.717) is 11.5 Å². The monoisotopic (exact) mass is 576 g/mol. The summed E-state index contributed by atoms with van der Waals surface area (Å²) < 4.78 is 11.2. The second kappa shape index (κ2) is 9.15. The number of nitrogens with zero attached hydrogens (tertiary/aromatic N) is 4. The molecule has 0 amide bonds. The number of rotatable bonds is 3. The van der Waals surface area contributed by atoms with Gasteiger partial charge in [-0.2, -0.15) is 0 Å². The van der Waals surface area contributed by atoms with E-state index in [1.807, 2.05) is 18.2 Å². The van der Waals surface area contributed by atoms with Gasteiger partial charge in [0.15, 0.2) is 5.58 Å². The molecule has 0 atom stereocenters. The fraction of sp³-hybridized carbons (Fsp3) is 0. The standard InChI is InChI=1S/C40H24N4O/c1-3-13-25(14-4-1)37-39-38(42-40(41-37)44-33-21-11-7-17-27(33)28-18-8-12-22-34(28)44)31-23-35-30(24-36(31)45-39)29-19-9-10-20-32(29)43(35)26-15-5-2-6-16-26/h1-24H. The molecule has 5 heteroatoms. The fourth-order valence-electron chi connectivity index (χ4n) is 6.98. The van der Waals surface area contributed by atoms with Gasteiger partial charge in [0, 0.05) is 38.2 Å². The lowest BCUT2D eigenvalue weighted by Crippen LogP contribution is -2.02. The summed E-state index contributed by atoms with van der Waals surface area (Å²) >= 11 is 0. The van der Waals surface area contributed by atoms with E-state index in [2.05, 4.69) is 137 Å². The van der Waals surface area contributed by atoms with Crippen LogP contribution in [0.5, 0.6) is 0 Å². The SMILES string of the molecule is c1ccc(-c2nc(-n3c4ccccc4c4ccccc43)nc3c2oc2cc4c5ccccc5n(-c5ccccc5)c4cc23)cc1. The second-order valence-corrected chi connectivity index (χ2v) is 11.4. The molecule has 210 valence electrons. The highest BCUT2D eigenvalue weighted by atomic mass is 16.3. The van der Waals surface area contributed by atoms with Crippen molar-refractivity contribution < 1.29 is 4.42 Å². The molecule has 10 aromatic rings. The first-order chi connectivity index (χ1) is 22.3. The van der Waals surface area contributed by atoms with Crippen molar-refractivity contribution in [3.8, 4) is 22.9 Å². The molecule has 0 saturated carbocycles. The van der Waals surface area contributed by atoms with Crippen LogP contribution in [0, 0.1) is 0 Å². The van der Waals surface area contributed by atoms with Gasteiger partial charge in [-0.1, -0.05) is 103 Å². The summed E-state index contributed by atoms with van der Waals surface area (Å²) in [6.45, 7) is 0. The van der Waals surface area contributed by atoms with Gasteiger partial charge in [-0.15, -0.1) is 0 Å². The molecule has 45 heavy (non-hydrogen) atoms. The zero-order chi connectivity index (χ0) is 29.5. The van der Waals surface area contributed by atoms with Crippen molar-refractivity contribution in [1.82, 2.24) is 19.1 Å². The molecule has 0 N–H and O–H groups in total. The minimum Gasteiger partial charge on any atom is -0.452 e. The number of benzene rings is 6. The molecular formula is C40H24N4O. The quantitative estimate of drug-likeness (QED) is 0.210. The zero-order valence-corrected chi connectivity index (χ0v) is 24.1. The minimum absolute atomic E-state index is 0.616. The Morgan fingerprint density at radius 2 is 1.00 bits per heavy atom. The first-order valence-electron chi connectivity index (χ1n) is 15.1. The van der Waals surface area contributed by atoms with Gasteiger partial charge in [0.25, 0.3) is 0 Å². The predicted octanol–water partition coefficient (Wildman–Crippen LogP) is 10.2. The first-order valence-corrected chi connectivity index (χ1v) is 15.1. The number of aromatic nitrogens is 4. The van der Waals surface area contributed by atoms with E-state index in [9.17, 15) is 0 Å². The Labute approximate surface area is 257 Å². The summed E-state index contributed by atoms with van der Waals surface area (Å²) in [5.41, 5.74) is 9.53. The van der Waals surface area contributed by atoms with Gasteiger partial charge in [0.1, 0.15) is 16.8 Å². The highest BCUT2D eigenvalue weighted by molar-refractivity contribution is 6.17. The molecule has 6 aromatic carbocycles. The third-order valence-corrected chi connectivity index (χ3v) is 8.94. The van der Waals surface area contributed by atoms with Crippen LogP contribution in [0.1, 0.15) is 0 Å². The van der Waals surface area contributed by atoms with Crippen LogP contribution >= 0.6 is 0 Å². The fourth-order valence-corrected chi connectivity index (χ4v) is 6.98. The van der Waals surface area contributed by atoms with Gasteiger partial charge in [-0.05, 0) is 42.5 Å². The van der Waals surface area contributed by atoms with Gasteiger partial charge in [0.05, 0.1) is 22.1 Å². The van der Waals surface area contributed by atoms with Gasteiger partial charge in [0.2, 0.25) is 5.95 Å². The second-order valence-electron chi connectivity index (χ2n) is 11.4. The van der Waals surface area contributed by atoms with Crippen LogP contribution in [0.4, 0.5) is 0 Å². The lowest BCUT2D eigenvalue weighted by atomic mass is 10.1. The predicted molar refractivity (Wildman–Crippen MR) is 183 cm³/mol. The molecule has 4 aromatic heterocycles. The molecule has 0 aliphatic rings. The minimum atomic E-state index is 0.616. The summed E-state index contributed by atoms with van der Waals surface area (Å²) in [7, 11) is 0. The van der Waals surface area contributed by atoms with E-state index in [0.717, 1.165) is 60.9 Å². The van der Waals surface area contributed by atoms with E-state index in [1.165, 1.54) is 16.2 Å². The van der Waals surface area contributed by atoms with Gasteiger partial charge in [-0.25, -0.2) is 9.97 Å². The lowest BCUT2D eigenvalue weighted by molar-refractivity contribution is 0.667. The number of hydrogen-bond acceptors (Lipinski definition) is 3. The van der Waals surface area contributed by atoms with Gasteiger partial charge in [-0.3, -0.25) is 4.57 Å². The molecular weight excluding hydrogens is 552 g/mol. The number of fused-ring (bicyclic) bond motifs is 9. The Kier molecular flexibility index (Phi) is 4.93. The topological polar surface area (TPSA) is 48.8 Å². The highest BCUT2D eigenvalue weighted by Gasteiger charge is 2.22. The van der Waals surface area contributed by atoms with Crippen LogP contribution in [0.25, 0.3) is 88.6 Å². The molecule has 0 spiro atoms. The maximum Gasteiger partial charge on any atom is 0.236 e. The van der Waals surface area contributed by atoms with Crippen molar-refractivity contribution in [2.75, 3.05) is 0 Å². The normalized spacial score (nSPS) is 12.0. The summed E-state index contributed by atoms with van der Waals surface area (Å²) in [5, 5.41) is 5.62. The van der Waals surface area contributed by atoms with Crippen molar-refractivity contribution in [2.24, 2.45) is 0 Å². The van der Waals surface area contributed by atoms with E-state index >= 15 is 0 Å². The molecule has 5 nitrogen and oxygen atoms in total.